The van der Waals surface area contributed by atoms with E-state index in [2.05, 4.69) is 28.9 Å². The summed E-state index contributed by atoms with van der Waals surface area (Å²) in [6.45, 7) is 6.33. The van der Waals surface area contributed by atoms with E-state index in [9.17, 15) is 13.2 Å². The first kappa shape index (κ1) is 23.8. The predicted molar refractivity (Wildman–Crippen MR) is 136 cm³/mol. The third kappa shape index (κ3) is 4.26. The summed E-state index contributed by atoms with van der Waals surface area (Å²) >= 11 is 0. The van der Waals surface area contributed by atoms with Crippen LogP contribution in [0.15, 0.2) is 65.6 Å². The van der Waals surface area contributed by atoms with Crippen LogP contribution in [0.1, 0.15) is 19.4 Å². The molecule has 0 saturated heterocycles. The van der Waals surface area contributed by atoms with Crippen molar-refractivity contribution in [3.63, 3.8) is 0 Å². The number of likely N-dealkylation sites (N-methyl/N-ethyl adjacent to an activating group) is 1. The zero-order chi connectivity index (χ0) is 24.5. The van der Waals surface area contributed by atoms with Crippen LogP contribution in [0.25, 0.3) is 21.8 Å². The first-order chi connectivity index (χ1) is 16.3. The standard InChI is InChI=1S/C26H29N3O4S/c1-5-28(34(31,32)20-12-14-25(33-4)18(3)15-20)17-26(30)27-19-11-13-24-22(16-19)21-9-7-8-10-23(21)29(24)6-2/h7-16H,5-6,17H2,1-4H3,(H,27,30). The lowest BCUT2D eigenvalue weighted by atomic mass is 10.1. The molecule has 0 bridgehead atoms. The molecule has 1 heterocycles. The number of hydrogen-bond acceptors (Lipinski definition) is 4. The number of para-hydroxylation sites is 1. The van der Waals surface area contributed by atoms with E-state index in [1.807, 2.05) is 30.3 Å². The second-order valence-corrected chi connectivity index (χ2v) is 10.0. The summed E-state index contributed by atoms with van der Waals surface area (Å²) in [5.41, 5.74) is 3.57. The van der Waals surface area contributed by atoms with Crippen molar-refractivity contribution in [2.45, 2.75) is 32.2 Å². The summed E-state index contributed by atoms with van der Waals surface area (Å²) in [5.74, 6) is 0.216. The van der Waals surface area contributed by atoms with E-state index in [1.165, 1.54) is 17.5 Å². The molecule has 0 spiro atoms. The fourth-order valence-electron chi connectivity index (χ4n) is 4.36. The van der Waals surface area contributed by atoms with Crippen LogP contribution < -0.4 is 10.1 Å². The van der Waals surface area contributed by atoms with Crippen LogP contribution >= 0.6 is 0 Å². The van der Waals surface area contributed by atoms with Gasteiger partial charge in [-0.2, -0.15) is 4.31 Å². The van der Waals surface area contributed by atoms with Gasteiger partial charge in [0, 0.05) is 40.6 Å². The van der Waals surface area contributed by atoms with Crippen LogP contribution in [0.5, 0.6) is 5.75 Å². The highest BCUT2D eigenvalue weighted by Gasteiger charge is 2.26. The number of hydrogen-bond donors (Lipinski definition) is 1. The van der Waals surface area contributed by atoms with Crippen molar-refractivity contribution in [3.05, 3.63) is 66.2 Å². The Morgan fingerprint density at radius 2 is 1.74 bits per heavy atom. The molecular formula is C26H29N3O4S. The quantitative estimate of drug-likeness (QED) is 0.394. The van der Waals surface area contributed by atoms with Gasteiger partial charge in [-0.05, 0) is 61.9 Å². The molecule has 34 heavy (non-hydrogen) atoms. The number of nitrogens with one attached hydrogen (secondary N) is 1. The minimum atomic E-state index is -3.84. The third-order valence-electron chi connectivity index (χ3n) is 6.05. The second-order valence-electron chi connectivity index (χ2n) is 8.10. The van der Waals surface area contributed by atoms with Crippen LogP contribution in [-0.4, -0.2) is 43.4 Å². The van der Waals surface area contributed by atoms with Crippen molar-refractivity contribution >= 4 is 43.4 Å². The van der Waals surface area contributed by atoms with Crippen molar-refractivity contribution in [2.75, 3.05) is 25.5 Å². The fraction of sp³-hybridized carbons (Fsp3) is 0.269. The van der Waals surface area contributed by atoms with Crippen LogP contribution in [0.4, 0.5) is 5.69 Å². The smallest absolute Gasteiger partial charge is 0.243 e. The molecule has 0 fully saturated rings. The average molecular weight is 480 g/mol. The molecule has 0 aliphatic rings. The number of anilines is 1. The molecule has 7 nitrogen and oxygen atoms in total. The molecule has 0 aliphatic carbocycles. The zero-order valence-electron chi connectivity index (χ0n) is 19.8. The topological polar surface area (TPSA) is 80.6 Å². The van der Waals surface area contributed by atoms with Gasteiger partial charge < -0.3 is 14.6 Å². The lowest BCUT2D eigenvalue weighted by Crippen LogP contribution is -2.37. The first-order valence-corrected chi connectivity index (χ1v) is 12.7. The van der Waals surface area contributed by atoms with Crippen LogP contribution in [0.3, 0.4) is 0 Å². The third-order valence-corrected chi connectivity index (χ3v) is 7.97. The van der Waals surface area contributed by atoms with Crippen molar-refractivity contribution in [2.24, 2.45) is 0 Å². The highest BCUT2D eigenvalue weighted by atomic mass is 32.2. The molecule has 0 saturated carbocycles. The maximum absolute atomic E-state index is 13.2. The largest absolute Gasteiger partial charge is 0.496 e. The Labute approximate surface area is 200 Å². The molecule has 4 rings (SSSR count). The average Bonchev–Trinajstić information content (AvgIpc) is 3.15. The molecule has 0 aliphatic heterocycles. The molecule has 0 unspecified atom stereocenters. The number of carbonyl (C=O) groups excluding carboxylic acids is 1. The van der Waals surface area contributed by atoms with Gasteiger partial charge in [0.05, 0.1) is 18.6 Å². The Morgan fingerprint density at radius 1 is 1.00 bits per heavy atom. The van der Waals surface area contributed by atoms with Gasteiger partial charge in [0.25, 0.3) is 0 Å². The lowest BCUT2D eigenvalue weighted by Gasteiger charge is -2.20. The Balaban J connectivity index is 1.57. The van der Waals surface area contributed by atoms with Gasteiger partial charge in [0.2, 0.25) is 15.9 Å². The number of sulfonamides is 1. The Hall–Kier alpha value is -3.36. The summed E-state index contributed by atoms with van der Waals surface area (Å²) in [4.78, 5) is 13.0. The maximum atomic E-state index is 13.2. The number of fused-ring (bicyclic) bond motifs is 3. The minimum absolute atomic E-state index is 0.134. The van der Waals surface area contributed by atoms with Crippen LogP contribution in [0, 0.1) is 6.92 Å². The summed E-state index contributed by atoms with van der Waals surface area (Å²) < 4.78 is 35.0. The van der Waals surface area contributed by atoms with E-state index < -0.39 is 15.9 Å². The number of carbonyl (C=O) groups is 1. The van der Waals surface area contributed by atoms with Gasteiger partial charge in [-0.15, -0.1) is 0 Å². The number of aryl methyl sites for hydroxylation is 2. The SMILES string of the molecule is CCN(CC(=O)Nc1ccc2c(c1)c1ccccc1n2CC)S(=O)(=O)c1ccc(OC)c(C)c1. The highest BCUT2D eigenvalue weighted by Crippen LogP contribution is 2.31. The van der Waals surface area contributed by atoms with Crippen molar-refractivity contribution < 1.29 is 17.9 Å². The van der Waals surface area contributed by atoms with E-state index in [1.54, 1.807) is 26.0 Å². The van der Waals surface area contributed by atoms with Gasteiger partial charge in [-0.25, -0.2) is 8.42 Å². The lowest BCUT2D eigenvalue weighted by molar-refractivity contribution is -0.116. The summed E-state index contributed by atoms with van der Waals surface area (Å²) in [7, 11) is -2.30. The number of benzene rings is 3. The van der Waals surface area contributed by atoms with E-state index in [0.717, 1.165) is 28.4 Å². The van der Waals surface area contributed by atoms with Crippen molar-refractivity contribution in [1.29, 1.82) is 0 Å². The van der Waals surface area contributed by atoms with Crippen molar-refractivity contribution in [3.8, 4) is 5.75 Å². The number of rotatable bonds is 8. The van der Waals surface area contributed by atoms with E-state index >= 15 is 0 Å². The van der Waals surface area contributed by atoms with Gasteiger partial charge in [0.1, 0.15) is 5.75 Å². The molecule has 0 radical (unpaired) electrons. The molecule has 1 N–H and O–H groups in total. The molecule has 1 aromatic heterocycles. The van der Waals surface area contributed by atoms with Gasteiger partial charge in [-0.1, -0.05) is 25.1 Å². The minimum Gasteiger partial charge on any atom is -0.496 e. The summed E-state index contributed by atoms with van der Waals surface area (Å²) in [6.07, 6.45) is 0. The number of aromatic nitrogens is 1. The molecule has 4 aromatic rings. The zero-order valence-corrected chi connectivity index (χ0v) is 20.6. The Morgan fingerprint density at radius 3 is 2.41 bits per heavy atom. The van der Waals surface area contributed by atoms with E-state index in [0.29, 0.717) is 17.0 Å². The van der Waals surface area contributed by atoms with Gasteiger partial charge >= 0.3 is 0 Å². The van der Waals surface area contributed by atoms with E-state index in [-0.39, 0.29) is 18.0 Å². The molecule has 3 aromatic carbocycles. The van der Waals surface area contributed by atoms with Crippen molar-refractivity contribution in [1.82, 2.24) is 8.87 Å². The molecule has 8 heteroatoms. The Bertz CT molecular complexity index is 1470. The number of amides is 1. The van der Waals surface area contributed by atoms with Gasteiger partial charge in [0.15, 0.2) is 0 Å². The Kier molecular flexibility index (Phi) is 6.63. The summed E-state index contributed by atoms with van der Waals surface area (Å²) in [5, 5.41) is 5.03. The summed E-state index contributed by atoms with van der Waals surface area (Å²) in [6, 6.07) is 18.6. The number of nitrogens with zero attached hydrogens (tertiary/aromatic N) is 2. The number of ether oxygens (including phenoxy) is 1. The van der Waals surface area contributed by atoms with Crippen LogP contribution in [0.2, 0.25) is 0 Å². The highest BCUT2D eigenvalue weighted by molar-refractivity contribution is 7.89. The molecule has 1 amide bonds. The second kappa shape index (κ2) is 9.48. The molecular weight excluding hydrogens is 450 g/mol. The van der Waals surface area contributed by atoms with Gasteiger partial charge in [-0.3, -0.25) is 4.79 Å². The maximum Gasteiger partial charge on any atom is 0.243 e. The predicted octanol–water partition coefficient (Wildman–Crippen LogP) is 4.78. The molecule has 178 valence electrons. The monoisotopic (exact) mass is 479 g/mol. The fourth-order valence-corrected chi connectivity index (χ4v) is 5.85. The van der Waals surface area contributed by atoms with Crippen LogP contribution in [-0.2, 0) is 21.4 Å². The molecule has 0 atom stereocenters. The van der Waals surface area contributed by atoms with E-state index in [4.69, 9.17) is 4.74 Å². The normalized spacial score (nSPS) is 11.9. The first-order valence-electron chi connectivity index (χ1n) is 11.3. The number of methoxy groups -OCH3 is 1.